The Balaban J connectivity index is 1.76. The summed E-state index contributed by atoms with van der Waals surface area (Å²) < 4.78 is 5.13. The molecular formula is C21H25N3O4. The van der Waals surface area contributed by atoms with Gasteiger partial charge in [0.2, 0.25) is 0 Å². The van der Waals surface area contributed by atoms with Crippen molar-refractivity contribution in [3.63, 3.8) is 0 Å². The van der Waals surface area contributed by atoms with E-state index in [1.165, 1.54) is 25.7 Å². The Morgan fingerprint density at radius 3 is 2.61 bits per heavy atom. The topological polar surface area (TPSA) is 91.8 Å². The number of likely N-dealkylation sites (tertiary alicyclic amines) is 1. The van der Waals surface area contributed by atoms with Crippen LogP contribution in [0.25, 0.3) is 0 Å². The van der Waals surface area contributed by atoms with E-state index in [2.05, 4.69) is 15.2 Å². The lowest BCUT2D eigenvalue weighted by atomic mass is 10.0. The van der Waals surface area contributed by atoms with E-state index < -0.39 is 5.97 Å². The summed E-state index contributed by atoms with van der Waals surface area (Å²) in [5.74, 6) is -1.09. The second-order valence-corrected chi connectivity index (χ2v) is 6.86. The fourth-order valence-electron chi connectivity index (χ4n) is 3.52. The van der Waals surface area contributed by atoms with Crippen LogP contribution in [-0.2, 0) is 0 Å². The van der Waals surface area contributed by atoms with Crippen molar-refractivity contribution in [1.29, 1.82) is 0 Å². The third kappa shape index (κ3) is 4.86. The van der Waals surface area contributed by atoms with E-state index in [9.17, 15) is 14.7 Å². The first-order valence-corrected chi connectivity index (χ1v) is 9.43. The lowest BCUT2D eigenvalue weighted by Gasteiger charge is -2.34. The van der Waals surface area contributed by atoms with Gasteiger partial charge in [-0.2, -0.15) is 0 Å². The molecule has 0 saturated carbocycles. The third-order valence-corrected chi connectivity index (χ3v) is 5.01. The zero-order chi connectivity index (χ0) is 19.9. The molecule has 148 valence electrons. The summed E-state index contributed by atoms with van der Waals surface area (Å²) in [7, 11) is 1.44. The van der Waals surface area contributed by atoms with E-state index in [1.807, 2.05) is 18.3 Å². The fraction of sp³-hybridized carbons (Fsp3) is 0.381. The highest BCUT2D eigenvalue weighted by molar-refractivity contribution is 5.98. The Kier molecular flexibility index (Phi) is 6.60. The highest BCUT2D eigenvalue weighted by Gasteiger charge is 2.23. The molecule has 0 aliphatic carbocycles. The maximum atomic E-state index is 12.7. The molecule has 1 aliphatic rings. The van der Waals surface area contributed by atoms with Gasteiger partial charge in [0, 0.05) is 24.5 Å². The van der Waals surface area contributed by atoms with Gasteiger partial charge >= 0.3 is 5.97 Å². The summed E-state index contributed by atoms with van der Waals surface area (Å²) in [5, 5.41) is 12.2. The number of carbonyl (C=O) groups is 2. The van der Waals surface area contributed by atoms with Crippen molar-refractivity contribution >= 4 is 11.9 Å². The molecule has 0 radical (unpaired) electrons. The van der Waals surface area contributed by atoms with Gasteiger partial charge in [-0.15, -0.1) is 0 Å². The van der Waals surface area contributed by atoms with Crippen LogP contribution in [0.4, 0.5) is 0 Å². The molecule has 1 fully saturated rings. The van der Waals surface area contributed by atoms with Gasteiger partial charge in [-0.3, -0.25) is 14.7 Å². The zero-order valence-electron chi connectivity index (χ0n) is 15.9. The van der Waals surface area contributed by atoms with Gasteiger partial charge in [0.1, 0.15) is 5.75 Å². The molecule has 1 aromatic heterocycles. The van der Waals surface area contributed by atoms with Crippen LogP contribution in [0.1, 0.15) is 51.6 Å². The smallest absolute Gasteiger partial charge is 0.335 e. The minimum Gasteiger partial charge on any atom is -0.497 e. The number of amides is 1. The van der Waals surface area contributed by atoms with Gasteiger partial charge in [0.05, 0.1) is 18.7 Å². The molecule has 2 aromatic rings. The van der Waals surface area contributed by atoms with Crippen molar-refractivity contribution < 1.29 is 19.4 Å². The summed E-state index contributed by atoms with van der Waals surface area (Å²) in [4.78, 5) is 30.6. The third-order valence-electron chi connectivity index (χ3n) is 5.01. The summed E-state index contributed by atoms with van der Waals surface area (Å²) in [6, 6.07) is 8.25. The lowest BCUT2D eigenvalue weighted by Crippen LogP contribution is -2.40. The second kappa shape index (κ2) is 9.32. The van der Waals surface area contributed by atoms with E-state index in [-0.39, 0.29) is 23.1 Å². The number of ether oxygens (including phenoxy) is 1. The second-order valence-electron chi connectivity index (χ2n) is 6.86. The molecule has 1 aromatic carbocycles. The van der Waals surface area contributed by atoms with Crippen LogP contribution in [0.3, 0.4) is 0 Å². The fourth-order valence-corrected chi connectivity index (χ4v) is 3.52. The van der Waals surface area contributed by atoms with E-state index in [0.29, 0.717) is 12.3 Å². The zero-order valence-corrected chi connectivity index (χ0v) is 15.9. The molecule has 1 saturated heterocycles. The predicted octanol–water partition coefficient (Wildman–Crippen LogP) is 2.75. The number of methoxy groups -OCH3 is 1. The quantitative estimate of drug-likeness (QED) is 0.764. The normalized spacial score (nSPS) is 15.6. The Morgan fingerprint density at radius 1 is 1.21 bits per heavy atom. The summed E-state index contributed by atoms with van der Waals surface area (Å²) in [6.07, 6.45) is 7.08. The maximum Gasteiger partial charge on any atom is 0.335 e. The van der Waals surface area contributed by atoms with Crippen LogP contribution in [0.2, 0.25) is 0 Å². The van der Waals surface area contributed by atoms with Crippen LogP contribution < -0.4 is 10.1 Å². The number of aromatic carboxylic acids is 1. The number of aromatic nitrogens is 1. The average Bonchev–Trinajstić information content (AvgIpc) is 2.74. The number of hydrogen-bond acceptors (Lipinski definition) is 5. The van der Waals surface area contributed by atoms with Gasteiger partial charge in [0.25, 0.3) is 5.91 Å². The van der Waals surface area contributed by atoms with Crippen molar-refractivity contribution in [2.24, 2.45) is 0 Å². The molecule has 0 spiro atoms. The molecule has 2 N–H and O–H groups in total. The van der Waals surface area contributed by atoms with Crippen molar-refractivity contribution in [2.75, 3.05) is 26.7 Å². The van der Waals surface area contributed by atoms with E-state index in [0.717, 1.165) is 31.5 Å². The first kappa shape index (κ1) is 19.8. The summed E-state index contributed by atoms with van der Waals surface area (Å²) >= 11 is 0. The van der Waals surface area contributed by atoms with Crippen LogP contribution in [0.15, 0.2) is 42.7 Å². The maximum absolute atomic E-state index is 12.7. The molecule has 1 unspecified atom stereocenters. The van der Waals surface area contributed by atoms with Gasteiger partial charge in [-0.05, 0) is 55.8 Å². The number of carbonyl (C=O) groups excluding carboxylic acids is 1. The van der Waals surface area contributed by atoms with Gasteiger partial charge in [-0.25, -0.2) is 4.79 Å². The lowest BCUT2D eigenvalue weighted by molar-refractivity contribution is 0.0696. The van der Waals surface area contributed by atoms with E-state index >= 15 is 0 Å². The first-order valence-electron chi connectivity index (χ1n) is 9.43. The average molecular weight is 383 g/mol. The number of hydrogen-bond donors (Lipinski definition) is 2. The number of nitrogens with zero attached hydrogens (tertiary/aromatic N) is 2. The number of piperidine rings is 1. The molecule has 7 nitrogen and oxygen atoms in total. The highest BCUT2D eigenvalue weighted by atomic mass is 16.5. The molecule has 7 heteroatoms. The molecule has 1 amide bonds. The van der Waals surface area contributed by atoms with Gasteiger partial charge in [-0.1, -0.05) is 12.5 Å². The Labute approximate surface area is 164 Å². The van der Waals surface area contributed by atoms with E-state index in [1.54, 1.807) is 12.3 Å². The Hall–Kier alpha value is -2.93. The van der Waals surface area contributed by atoms with Crippen molar-refractivity contribution in [1.82, 2.24) is 15.2 Å². The predicted molar refractivity (Wildman–Crippen MR) is 105 cm³/mol. The molecular weight excluding hydrogens is 358 g/mol. The van der Waals surface area contributed by atoms with E-state index in [4.69, 9.17) is 4.74 Å². The van der Waals surface area contributed by atoms with Crippen LogP contribution in [0, 0.1) is 0 Å². The molecule has 3 rings (SSSR count). The Bertz CT molecular complexity index is 820. The molecule has 1 atom stereocenters. The number of nitrogens with one attached hydrogen (secondary N) is 1. The number of pyridine rings is 1. The van der Waals surface area contributed by atoms with Crippen LogP contribution in [-0.4, -0.2) is 53.6 Å². The molecule has 28 heavy (non-hydrogen) atoms. The SMILES string of the molecule is COc1cc(C(=O)O)cc(C(=O)NCC(c2cccnc2)N2CCCCC2)c1. The first-order chi connectivity index (χ1) is 13.6. The van der Waals surface area contributed by atoms with Crippen LogP contribution >= 0.6 is 0 Å². The van der Waals surface area contributed by atoms with Crippen molar-refractivity contribution in [2.45, 2.75) is 25.3 Å². The molecule has 1 aliphatic heterocycles. The standard InChI is InChI=1S/C21H25N3O4/c1-28-18-11-16(10-17(12-18)21(26)27)20(25)23-14-19(15-6-5-7-22-13-15)24-8-3-2-4-9-24/h5-7,10-13,19H,2-4,8-9,14H2,1H3,(H,23,25)(H,26,27). The summed E-state index contributed by atoms with van der Waals surface area (Å²) in [6.45, 7) is 2.39. The molecule has 0 bridgehead atoms. The van der Waals surface area contributed by atoms with Crippen LogP contribution in [0.5, 0.6) is 5.75 Å². The van der Waals surface area contributed by atoms with Crippen molar-refractivity contribution in [3.05, 3.63) is 59.4 Å². The van der Waals surface area contributed by atoms with Gasteiger partial charge in [0.15, 0.2) is 0 Å². The summed E-state index contributed by atoms with van der Waals surface area (Å²) in [5.41, 5.74) is 1.34. The Morgan fingerprint density at radius 2 is 1.96 bits per heavy atom. The van der Waals surface area contributed by atoms with Crippen molar-refractivity contribution in [3.8, 4) is 5.75 Å². The molecule has 2 heterocycles. The number of carboxylic acids is 1. The highest BCUT2D eigenvalue weighted by Crippen LogP contribution is 2.24. The number of benzene rings is 1. The minimum absolute atomic E-state index is 0.0179. The number of rotatable bonds is 7. The minimum atomic E-state index is -1.10. The monoisotopic (exact) mass is 383 g/mol. The largest absolute Gasteiger partial charge is 0.497 e. The van der Waals surface area contributed by atoms with Gasteiger partial charge < -0.3 is 15.2 Å². The number of carboxylic acid groups (broad SMARTS) is 1.